The van der Waals surface area contributed by atoms with Gasteiger partial charge in [-0.05, 0) is 25.5 Å². The molecule has 0 unspecified atom stereocenters. The normalized spacial score (nSPS) is 11.6. The first kappa shape index (κ1) is 17.5. The van der Waals surface area contributed by atoms with Gasteiger partial charge in [0, 0.05) is 6.54 Å². The summed E-state index contributed by atoms with van der Waals surface area (Å²) >= 11 is 0. The number of hydrogen-bond donors (Lipinski definition) is 1. The summed E-state index contributed by atoms with van der Waals surface area (Å²) in [4.78, 5) is 24.1. The summed E-state index contributed by atoms with van der Waals surface area (Å²) in [7, 11) is 1.44. The molecule has 0 aliphatic rings. The second-order valence-electron chi connectivity index (χ2n) is 5.16. The Morgan fingerprint density at radius 2 is 2.00 bits per heavy atom. The highest BCUT2D eigenvalue weighted by molar-refractivity contribution is 5.92. The van der Waals surface area contributed by atoms with Crippen LogP contribution in [0.4, 0.5) is 0 Å². The number of hydrogen-bond acceptors (Lipinski definition) is 5. The third kappa shape index (κ3) is 4.13. The Kier molecular flexibility index (Phi) is 5.95. The van der Waals surface area contributed by atoms with Crippen molar-refractivity contribution in [2.45, 2.75) is 26.4 Å². The number of nitrogens with zero attached hydrogens (tertiary/aromatic N) is 2. The van der Waals surface area contributed by atoms with Crippen LogP contribution in [0.1, 0.15) is 30.8 Å². The van der Waals surface area contributed by atoms with Crippen LogP contribution in [0.25, 0.3) is 5.69 Å². The highest BCUT2D eigenvalue weighted by atomic mass is 16.6. The first-order valence-electron chi connectivity index (χ1n) is 7.74. The van der Waals surface area contributed by atoms with Crippen LogP contribution in [0, 0.1) is 0 Å². The molecule has 2 rings (SSSR count). The van der Waals surface area contributed by atoms with Gasteiger partial charge in [0.05, 0.1) is 19.0 Å². The minimum atomic E-state index is -0.907. The predicted molar refractivity (Wildman–Crippen MR) is 88.3 cm³/mol. The number of ether oxygens (including phenoxy) is 2. The molecule has 0 aliphatic heterocycles. The SMILES string of the molecule is CCCNC(=O)[C@@H](C)OC(=O)c1nn(-c2ccccc2)cc1OC. The second-order valence-corrected chi connectivity index (χ2v) is 5.16. The summed E-state index contributed by atoms with van der Waals surface area (Å²) in [5.41, 5.74) is 0.806. The minimum absolute atomic E-state index is 0.0245. The van der Waals surface area contributed by atoms with Crippen LogP contribution in [0.2, 0.25) is 0 Å². The fraction of sp³-hybridized carbons (Fsp3) is 0.353. The van der Waals surface area contributed by atoms with Crippen LogP contribution in [0.15, 0.2) is 36.5 Å². The lowest BCUT2D eigenvalue weighted by molar-refractivity contribution is -0.129. The lowest BCUT2D eigenvalue weighted by Gasteiger charge is -2.12. The van der Waals surface area contributed by atoms with Gasteiger partial charge in [-0.15, -0.1) is 0 Å². The summed E-state index contributed by atoms with van der Waals surface area (Å²) in [5, 5.41) is 6.89. The van der Waals surface area contributed by atoms with E-state index in [-0.39, 0.29) is 17.4 Å². The molecule has 0 spiro atoms. The van der Waals surface area contributed by atoms with Gasteiger partial charge in [0.2, 0.25) is 5.69 Å². The van der Waals surface area contributed by atoms with Crippen molar-refractivity contribution in [2.75, 3.05) is 13.7 Å². The number of para-hydroxylation sites is 1. The van der Waals surface area contributed by atoms with E-state index >= 15 is 0 Å². The monoisotopic (exact) mass is 331 g/mol. The van der Waals surface area contributed by atoms with Gasteiger partial charge in [0.15, 0.2) is 11.9 Å². The number of nitrogens with one attached hydrogen (secondary N) is 1. The van der Waals surface area contributed by atoms with E-state index in [0.717, 1.165) is 12.1 Å². The standard InChI is InChI=1S/C17H21N3O4/c1-4-10-18-16(21)12(2)24-17(22)15-14(23-3)11-20(19-15)13-8-6-5-7-9-13/h5-9,11-12H,4,10H2,1-3H3,(H,18,21)/t12-/m1/s1. The maximum atomic E-state index is 12.3. The summed E-state index contributed by atoms with van der Waals surface area (Å²) in [6.45, 7) is 3.99. The van der Waals surface area contributed by atoms with Gasteiger partial charge < -0.3 is 14.8 Å². The molecular formula is C17H21N3O4. The molecule has 1 heterocycles. The molecule has 1 N–H and O–H groups in total. The lowest BCUT2D eigenvalue weighted by Crippen LogP contribution is -2.36. The number of carbonyl (C=O) groups is 2. The summed E-state index contributed by atoms with van der Waals surface area (Å²) in [5.74, 6) is -0.766. The maximum Gasteiger partial charge on any atom is 0.363 e. The summed E-state index contributed by atoms with van der Waals surface area (Å²) in [6, 6.07) is 9.31. The molecule has 1 aromatic heterocycles. The Morgan fingerprint density at radius 3 is 2.62 bits per heavy atom. The van der Waals surface area contributed by atoms with Gasteiger partial charge in [-0.2, -0.15) is 5.10 Å². The van der Waals surface area contributed by atoms with Gasteiger partial charge >= 0.3 is 5.97 Å². The highest BCUT2D eigenvalue weighted by Gasteiger charge is 2.24. The molecule has 7 nitrogen and oxygen atoms in total. The zero-order valence-electron chi connectivity index (χ0n) is 14.0. The highest BCUT2D eigenvalue weighted by Crippen LogP contribution is 2.20. The van der Waals surface area contributed by atoms with E-state index in [1.165, 1.54) is 18.7 Å². The van der Waals surface area contributed by atoms with Gasteiger partial charge in [0.1, 0.15) is 0 Å². The number of methoxy groups -OCH3 is 1. The molecule has 1 aromatic carbocycles. The molecule has 2 aromatic rings. The molecule has 1 amide bonds. The van der Waals surface area contributed by atoms with Gasteiger partial charge in [-0.3, -0.25) is 4.79 Å². The molecule has 24 heavy (non-hydrogen) atoms. The average Bonchev–Trinajstić information content (AvgIpc) is 3.04. The largest absolute Gasteiger partial charge is 0.493 e. The van der Waals surface area contributed by atoms with E-state index in [4.69, 9.17) is 9.47 Å². The predicted octanol–water partition coefficient (Wildman–Crippen LogP) is 1.95. The Hall–Kier alpha value is -2.83. The summed E-state index contributed by atoms with van der Waals surface area (Å²) < 4.78 is 11.9. The number of amides is 1. The van der Waals surface area contributed by atoms with Crippen molar-refractivity contribution in [1.29, 1.82) is 0 Å². The van der Waals surface area contributed by atoms with Crippen molar-refractivity contribution in [3.63, 3.8) is 0 Å². The van der Waals surface area contributed by atoms with Crippen LogP contribution in [-0.2, 0) is 9.53 Å². The zero-order valence-corrected chi connectivity index (χ0v) is 14.0. The Bertz CT molecular complexity index is 697. The first-order valence-corrected chi connectivity index (χ1v) is 7.74. The van der Waals surface area contributed by atoms with Crippen molar-refractivity contribution in [3.8, 4) is 11.4 Å². The molecule has 0 bridgehead atoms. The molecule has 0 radical (unpaired) electrons. The lowest BCUT2D eigenvalue weighted by atomic mass is 10.3. The molecule has 1 atom stereocenters. The average molecular weight is 331 g/mol. The van der Waals surface area contributed by atoms with Crippen LogP contribution >= 0.6 is 0 Å². The molecule has 128 valence electrons. The third-order valence-corrected chi connectivity index (χ3v) is 3.32. The zero-order chi connectivity index (χ0) is 17.5. The number of rotatable bonds is 7. The van der Waals surface area contributed by atoms with E-state index in [9.17, 15) is 9.59 Å². The molecular weight excluding hydrogens is 310 g/mol. The van der Waals surface area contributed by atoms with E-state index in [1.807, 2.05) is 37.3 Å². The molecule has 0 saturated heterocycles. The van der Waals surface area contributed by atoms with Gasteiger partial charge in [-0.1, -0.05) is 25.1 Å². The van der Waals surface area contributed by atoms with Crippen molar-refractivity contribution in [2.24, 2.45) is 0 Å². The smallest absolute Gasteiger partial charge is 0.363 e. The van der Waals surface area contributed by atoms with E-state index in [1.54, 1.807) is 6.20 Å². The van der Waals surface area contributed by atoms with E-state index in [0.29, 0.717) is 6.54 Å². The fourth-order valence-electron chi connectivity index (χ4n) is 2.02. The van der Waals surface area contributed by atoms with E-state index < -0.39 is 12.1 Å². The topological polar surface area (TPSA) is 82.5 Å². The fourth-order valence-corrected chi connectivity index (χ4v) is 2.02. The van der Waals surface area contributed by atoms with Crippen LogP contribution in [-0.4, -0.2) is 41.4 Å². The van der Waals surface area contributed by atoms with E-state index in [2.05, 4.69) is 10.4 Å². The van der Waals surface area contributed by atoms with Crippen molar-refractivity contribution >= 4 is 11.9 Å². The number of aromatic nitrogens is 2. The Labute approximate surface area is 140 Å². The molecule has 0 fully saturated rings. The Morgan fingerprint density at radius 1 is 1.29 bits per heavy atom. The maximum absolute atomic E-state index is 12.3. The van der Waals surface area contributed by atoms with Gasteiger partial charge in [0.25, 0.3) is 5.91 Å². The first-order chi connectivity index (χ1) is 11.6. The van der Waals surface area contributed by atoms with Gasteiger partial charge in [-0.25, -0.2) is 9.48 Å². The number of carbonyl (C=O) groups excluding carboxylic acids is 2. The number of benzene rings is 1. The summed E-state index contributed by atoms with van der Waals surface area (Å²) in [6.07, 6.45) is 1.49. The van der Waals surface area contributed by atoms with Crippen molar-refractivity contribution in [3.05, 3.63) is 42.2 Å². The molecule has 0 aliphatic carbocycles. The second kappa shape index (κ2) is 8.14. The Balaban J connectivity index is 2.14. The molecule has 7 heteroatoms. The number of esters is 1. The molecule has 0 saturated carbocycles. The quantitative estimate of drug-likeness (QED) is 0.784. The third-order valence-electron chi connectivity index (χ3n) is 3.32. The van der Waals surface area contributed by atoms with Crippen molar-refractivity contribution in [1.82, 2.24) is 15.1 Å². The van der Waals surface area contributed by atoms with Crippen LogP contribution in [0.5, 0.6) is 5.75 Å². The van der Waals surface area contributed by atoms with Crippen LogP contribution in [0.3, 0.4) is 0 Å². The minimum Gasteiger partial charge on any atom is -0.493 e. The van der Waals surface area contributed by atoms with Crippen LogP contribution < -0.4 is 10.1 Å². The van der Waals surface area contributed by atoms with Crippen molar-refractivity contribution < 1.29 is 19.1 Å².